The molecule has 0 fully saturated rings. The lowest BCUT2D eigenvalue weighted by molar-refractivity contribution is -0.130. The van der Waals surface area contributed by atoms with Gasteiger partial charge in [0.2, 0.25) is 0 Å². The van der Waals surface area contributed by atoms with Gasteiger partial charge < -0.3 is 5.11 Å². The van der Waals surface area contributed by atoms with Crippen LogP contribution in [0.4, 0.5) is 0 Å². The maximum absolute atomic E-state index is 9.41. The molecule has 0 aliphatic carbocycles. The molecule has 0 spiro atoms. The highest BCUT2D eigenvalue weighted by molar-refractivity contribution is 5.91. The van der Waals surface area contributed by atoms with Gasteiger partial charge in [-0.25, -0.2) is 4.79 Å². The Morgan fingerprint density at radius 1 is 1.57 bits per heavy atom. The zero-order valence-corrected chi connectivity index (χ0v) is 3.26. The standard InChI is InChI=1S/C4HO3/c5-3-1-2-4(6)7/h(H,6,7). The molecule has 0 aliphatic rings. The number of rotatable bonds is 0. The number of carbonyl (C=O) groups is 1. The third-order valence-corrected chi connectivity index (χ3v) is 0.220. The van der Waals surface area contributed by atoms with Crippen molar-refractivity contribution in [3.63, 3.8) is 0 Å². The smallest absolute Gasteiger partial charge is 0.382 e. The zero-order chi connectivity index (χ0) is 5.70. The van der Waals surface area contributed by atoms with Crippen LogP contribution in [0.15, 0.2) is 0 Å². The van der Waals surface area contributed by atoms with Crippen molar-refractivity contribution in [1.82, 2.24) is 0 Å². The number of carboxylic acids is 1. The lowest BCUT2D eigenvalue weighted by atomic mass is 10.6. The summed E-state index contributed by atoms with van der Waals surface area (Å²) in [6.45, 7) is 0. The van der Waals surface area contributed by atoms with Crippen LogP contribution in [0.2, 0.25) is 0 Å². The first-order chi connectivity index (χ1) is 3.27. The molecular formula is C4HO3. The Balaban J connectivity index is 3.66. The van der Waals surface area contributed by atoms with E-state index in [2.05, 4.69) is 0 Å². The number of carbonyl (C=O) groups excluding carboxylic acids is 1. The monoisotopic (exact) mass is 97.0 g/mol. The zero-order valence-electron chi connectivity index (χ0n) is 3.26. The summed E-state index contributed by atoms with van der Waals surface area (Å²) in [7, 11) is 0. The van der Waals surface area contributed by atoms with Crippen LogP contribution in [0.5, 0.6) is 0 Å². The molecule has 0 heterocycles. The summed E-state index contributed by atoms with van der Waals surface area (Å²) in [5, 5.41) is 7.69. The first-order valence-corrected chi connectivity index (χ1v) is 1.38. The SMILES string of the molecule is O=[C]C#CC(=O)O. The van der Waals surface area contributed by atoms with Gasteiger partial charge in [0, 0.05) is 5.92 Å². The quantitative estimate of drug-likeness (QED) is 0.402. The predicted octanol–water partition coefficient (Wildman–Crippen LogP) is -0.816. The summed E-state index contributed by atoms with van der Waals surface area (Å²) in [6.07, 6.45) is 1.11. The van der Waals surface area contributed by atoms with Gasteiger partial charge in [0.05, 0.1) is 0 Å². The minimum Gasteiger partial charge on any atom is -0.472 e. The first kappa shape index (κ1) is 5.70. The van der Waals surface area contributed by atoms with Crippen LogP contribution in [-0.2, 0) is 9.59 Å². The highest BCUT2D eigenvalue weighted by atomic mass is 16.4. The van der Waals surface area contributed by atoms with Gasteiger partial charge in [0.1, 0.15) is 0 Å². The highest BCUT2D eigenvalue weighted by Gasteiger charge is 1.78. The molecule has 0 aromatic carbocycles. The molecule has 0 aliphatic heterocycles. The third kappa shape index (κ3) is 4.70. The molecule has 3 nitrogen and oxygen atoms in total. The predicted molar refractivity (Wildman–Crippen MR) is 21.1 cm³/mol. The van der Waals surface area contributed by atoms with E-state index >= 15 is 0 Å². The van der Waals surface area contributed by atoms with Crippen LogP contribution in [0.1, 0.15) is 0 Å². The van der Waals surface area contributed by atoms with Gasteiger partial charge in [-0.1, -0.05) is 0 Å². The Morgan fingerprint density at radius 2 is 2.14 bits per heavy atom. The molecule has 3 heteroatoms. The maximum atomic E-state index is 9.41. The van der Waals surface area contributed by atoms with E-state index in [1.807, 2.05) is 0 Å². The molecule has 0 saturated carbocycles. The second kappa shape index (κ2) is 2.91. The number of aliphatic carboxylic acids is 1. The highest BCUT2D eigenvalue weighted by Crippen LogP contribution is 1.50. The van der Waals surface area contributed by atoms with Crippen molar-refractivity contribution in [2.45, 2.75) is 0 Å². The van der Waals surface area contributed by atoms with E-state index in [1.165, 1.54) is 5.92 Å². The van der Waals surface area contributed by atoms with Crippen molar-refractivity contribution in [1.29, 1.82) is 0 Å². The fourth-order valence-electron chi connectivity index (χ4n) is 0.0790. The normalized spacial score (nSPS) is 5.71. The molecule has 0 aromatic heterocycles. The fraction of sp³-hybridized carbons (Fsp3) is 0. The second-order valence-corrected chi connectivity index (χ2v) is 0.657. The molecule has 0 saturated heterocycles. The van der Waals surface area contributed by atoms with Crippen LogP contribution >= 0.6 is 0 Å². The van der Waals surface area contributed by atoms with E-state index in [1.54, 1.807) is 5.92 Å². The van der Waals surface area contributed by atoms with Gasteiger partial charge in [0.25, 0.3) is 6.29 Å². The average Bonchev–Trinajstić information content (AvgIpc) is 1.61. The molecule has 0 atom stereocenters. The molecule has 1 N–H and O–H groups in total. The van der Waals surface area contributed by atoms with Gasteiger partial charge in [0.15, 0.2) is 0 Å². The van der Waals surface area contributed by atoms with Crippen molar-refractivity contribution < 1.29 is 14.7 Å². The molecule has 0 aromatic rings. The summed E-state index contributed by atoms with van der Waals surface area (Å²) >= 11 is 0. The molecule has 0 bridgehead atoms. The Bertz CT molecular complexity index is 137. The van der Waals surface area contributed by atoms with E-state index in [-0.39, 0.29) is 0 Å². The molecular weight excluding hydrogens is 96.0 g/mol. The van der Waals surface area contributed by atoms with Gasteiger partial charge >= 0.3 is 5.97 Å². The van der Waals surface area contributed by atoms with Gasteiger partial charge in [-0.2, -0.15) is 0 Å². The first-order valence-electron chi connectivity index (χ1n) is 1.38. The van der Waals surface area contributed by atoms with Crippen LogP contribution < -0.4 is 0 Å². The minimum absolute atomic E-state index is 1.11. The van der Waals surface area contributed by atoms with E-state index in [0.29, 0.717) is 0 Å². The molecule has 35 valence electrons. The Kier molecular flexibility index (Phi) is 2.37. The van der Waals surface area contributed by atoms with Crippen LogP contribution in [0.3, 0.4) is 0 Å². The molecule has 0 amide bonds. The summed E-state index contributed by atoms with van der Waals surface area (Å²) in [5.74, 6) is 1.81. The van der Waals surface area contributed by atoms with Gasteiger partial charge in [-0.3, -0.25) is 4.79 Å². The molecule has 7 heavy (non-hydrogen) atoms. The van der Waals surface area contributed by atoms with Crippen molar-refractivity contribution >= 4 is 12.3 Å². The van der Waals surface area contributed by atoms with Crippen molar-refractivity contribution in [2.75, 3.05) is 0 Å². The summed E-state index contributed by atoms with van der Waals surface area (Å²) < 4.78 is 0. The maximum Gasteiger partial charge on any atom is 0.382 e. The van der Waals surface area contributed by atoms with Gasteiger partial charge in [-0.15, -0.1) is 0 Å². The molecule has 0 unspecified atom stereocenters. The number of hydrogen-bond acceptors (Lipinski definition) is 2. The Hall–Kier alpha value is -1.30. The Morgan fingerprint density at radius 3 is 2.29 bits per heavy atom. The van der Waals surface area contributed by atoms with Gasteiger partial charge in [-0.05, 0) is 5.92 Å². The van der Waals surface area contributed by atoms with Crippen LogP contribution in [0.25, 0.3) is 0 Å². The largest absolute Gasteiger partial charge is 0.472 e. The third-order valence-electron chi connectivity index (χ3n) is 0.220. The lowest BCUT2D eigenvalue weighted by Gasteiger charge is -1.62. The fourth-order valence-corrected chi connectivity index (χ4v) is 0.0790. The van der Waals surface area contributed by atoms with E-state index in [4.69, 9.17) is 9.90 Å². The van der Waals surface area contributed by atoms with Crippen molar-refractivity contribution in [3.8, 4) is 11.8 Å². The Labute approximate surface area is 40.0 Å². The van der Waals surface area contributed by atoms with Crippen molar-refractivity contribution in [2.24, 2.45) is 0 Å². The van der Waals surface area contributed by atoms with Crippen LogP contribution in [0, 0.1) is 11.8 Å². The van der Waals surface area contributed by atoms with Crippen LogP contribution in [-0.4, -0.2) is 17.4 Å². The minimum atomic E-state index is -1.32. The topological polar surface area (TPSA) is 54.4 Å². The number of hydrogen-bond donors (Lipinski definition) is 1. The van der Waals surface area contributed by atoms with E-state index in [0.717, 1.165) is 6.29 Å². The average molecular weight is 97.0 g/mol. The van der Waals surface area contributed by atoms with Crippen molar-refractivity contribution in [3.05, 3.63) is 0 Å². The van der Waals surface area contributed by atoms with E-state index in [9.17, 15) is 4.79 Å². The number of carboxylic acid groups (broad SMARTS) is 1. The molecule has 1 radical (unpaired) electrons. The summed E-state index contributed by atoms with van der Waals surface area (Å²) in [5.41, 5.74) is 0. The summed E-state index contributed by atoms with van der Waals surface area (Å²) in [6, 6.07) is 0. The lowest BCUT2D eigenvalue weighted by Crippen LogP contribution is -1.85. The van der Waals surface area contributed by atoms with E-state index < -0.39 is 5.97 Å². The molecule has 0 rings (SSSR count). The summed E-state index contributed by atoms with van der Waals surface area (Å²) in [4.78, 5) is 18.6. The second-order valence-electron chi connectivity index (χ2n) is 0.657.